The Morgan fingerprint density at radius 2 is 1.93 bits per heavy atom. The van der Waals surface area contributed by atoms with Gasteiger partial charge >= 0.3 is 0 Å². The van der Waals surface area contributed by atoms with Gasteiger partial charge in [0.2, 0.25) is 11.8 Å². The monoisotopic (exact) mass is 402 g/mol. The van der Waals surface area contributed by atoms with E-state index < -0.39 is 0 Å². The number of amides is 2. The van der Waals surface area contributed by atoms with E-state index in [9.17, 15) is 9.59 Å². The molecule has 0 aliphatic carbocycles. The third-order valence-electron chi connectivity index (χ3n) is 4.63. The lowest BCUT2D eigenvalue weighted by Crippen LogP contribution is -2.44. The van der Waals surface area contributed by atoms with Gasteiger partial charge in [-0.05, 0) is 58.8 Å². The Morgan fingerprint density at radius 1 is 1.25 bits per heavy atom. The van der Waals surface area contributed by atoms with Crippen LogP contribution in [0.3, 0.4) is 0 Å². The summed E-state index contributed by atoms with van der Waals surface area (Å²) in [6.07, 6.45) is 1.56. The maximum atomic E-state index is 12.5. The van der Waals surface area contributed by atoms with Crippen molar-refractivity contribution in [2.75, 3.05) is 30.7 Å². The molecule has 1 fully saturated rings. The molecule has 152 valence electrons. The zero-order valence-corrected chi connectivity index (χ0v) is 17.7. The molecule has 7 heteroatoms. The topological polar surface area (TPSA) is 85.2 Å². The van der Waals surface area contributed by atoms with E-state index in [2.05, 4.69) is 21.6 Å². The van der Waals surface area contributed by atoms with Gasteiger partial charge in [0.05, 0.1) is 24.2 Å². The zero-order chi connectivity index (χ0) is 20.5. The summed E-state index contributed by atoms with van der Waals surface area (Å²) in [5.74, 6) is 0.766. The molecule has 6 nitrogen and oxygen atoms in total. The Labute approximate surface area is 172 Å². The first-order valence-corrected chi connectivity index (χ1v) is 10.8. The fourth-order valence-corrected chi connectivity index (χ4v) is 4.05. The van der Waals surface area contributed by atoms with Crippen LogP contribution in [0.5, 0.6) is 0 Å². The van der Waals surface area contributed by atoms with Crippen molar-refractivity contribution in [1.82, 2.24) is 10.2 Å². The Morgan fingerprint density at radius 3 is 2.57 bits per heavy atom. The highest BCUT2D eigenvalue weighted by molar-refractivity contribution is 7.99. The van der Waals surface area contributed by atoms with Gasteiger partial charge < -0.3 is 10.6 Å². The van der Waals surface area contributed by atoms with Crippen LogP contribution in [0.25, 0.3) is 0 Å². The molecule has 0 saturated carbocycles. The molecule has 28 heavy (non-hydrogen) atoms. The Hall–Kier alpha value is -2.04. The SMILES string of the molecule is CC(C#N)CSc1ccccc1NC(=O)CN1CCC(C(=O)NC(C)C)CC1. The highest BCUT2D eigenvalue weighted by atomic mass is 32.2. The van der Waals surface area contributed by atoms with Crippen LogP contribution in [0.15, 0.2) is 29.2 Å². The minimum atomic E-state index is -0.0496. The van der Waals surface area contributed by atoms with Crippen LogP contribution in [0.2, 0.25) is 0 Å². The number of benzene rings is 1. The summed E-state index contributed by atoms with van der Waals surface area (Å²) in [5, 5.41) is 14.9. The maximum Gasteiger partial charge on any atom is 0.238 e. The third kappa shape index (κ3) is 7.17. The number of thioether (sulfide) groups is 1. The van der Waals surface area contributed by atoms with Crippen LogP contribution in [-0.4, -0.2) is 48.1 Å². The van der Waals surface area contributed by atoms with Crippen molar-refractivity contribution in [2.24, 2.45) is 11.8 Å². The molecule has 1 atom stereocenters. The van der Waals surface area contributed by atoms with Crippen molar-refractivity contribution in [1.29, 1.82) is 5.26 Å². The Kier molecular flexibility index (Phi) is 8.81. The summed E-state index contributed by atoms with van der Waals surface area (Å²) >= 11 is 1.58. The Balaban J connectivity index is 1.82. The van der Waals surface area contributed by atoms with E-state index in [-0.39, 0.29) is 29.7 Å². The van der Waals surface area contributed by atoms with E-state index in [0.29, 0.717) is 12.3 Å². The molecule has 0 radical (unpaired) electrons. The summed E-state index contributed by atoms with van der Waals surface area (Å²) in [6.45, 7) is 7.65. The van der Waals surface area contributed by atoms with E-state index in [4.69, 9.17) is 5.26 Å². The fraction of sp³-hybridized carbons (Fsp3) is 0.571. The first-order valence-electron chi connectivity index (χ1n) is 9.83. The second-order valence-electron chi connectivity index (χ2n) is 7.60. The van der Waals surface area contributed by atoms with Crippen molar-refractivity contribution in [3.63, 3.8) is 0 Å². The lowest BCUT2D eigenvalue weighted by atomic mass is 9.95. The second kappa shape index (κ2) is 11.1. The number of hydrogen-bond donors (Lipinski definition) is 2. The molecule has 1 heterocycles. The number of carbonyl (C=O) groups excluding carboxylic acids is 2. The molecule has 2 amide bonds. The molecule has 0 bridgehead atoms. The van der Waals surface area contributed by atoms with Gasteiger partial charge in [-0.2, -0.15) is 5.26 Å². The van der Waals surface area contributed by atoms with Gasteiger partial charge in [-0.25, -0.2) is 0 Å². The molecule has 1 aromatic rings. The van der Waals surface area contributed by atoms with Crippen LogP contribution in [0.4, 0.5) is 5.69 Å². The smallest absolute Gasteiger partial charge is 0.238 e. The Bertz CT molecular complexity index is 709. The van der Waals surface area contributed by atoms with Crippen molar-refractivity contribution >= 4 is 29.3 Å². The maximum absolute atomic E-state index is 12.5. The van der Waals surface area contributed by atoms with E-state index in [1.54, 1.807) is 11.8 Å². The van der Waals surface area contributed by atoms with Crippen molar-refractivity contribution in [2.45, 2.75) is 44.6 Å². The van der Waals surface area contributed by atoms with Gasteiger partial charge in [0.1, 0.15) is 0 Å². The van der Waals surface area contributed by atoms with Gasteiger partial charge in [0, 0.05) is 22.6 Å². The molecule has 1 saturated heterocycles. The standard InChI is InChI=1S/C21H30N4O2S/c1-15(2)23-21(27)17-8-10-25(11-9-17)13-20(26)24-18-6-4-5-7-19(18)28-14-16(3)12-22/h4-7,15-17H,8-11,13-14H2,1-3H3,(H,23,27)(H,24,26). The normalized spacial score (nSPS) is 16.4. The number of nitrogens with zero attached hydrogens (tertiary/aromatic N) is 2. The first kappa shape index (κ1) is 22.3. The molecule has 0 aromatic heterocycles. The van der Waals surface area contributed by atoms with Crippen LogP contribution in [-0.2, 0) is 9.59 Å². The van der Waals surface area contributed by atoms with Crippen molar-refractivity contribution in [3.05, 3.63) is 24.3 Å². The summed E-state index contributed by atoms with van der Waals surface area (Å²) in [7, 11) is 0. The second-order valence-corrected chi connectivity index (χ2v) is 8.66. The highest BCUT2D eigenvalue weighted by Gasteiger charge is 2.26. The molecule has 1 aliphatic heterocycles. The molecular formula is C21H30N4O2S. The number of carbonyl (C=O) groups is 2. The number of anilines is 1. The number of hydrogen-bond acceptors (Lipinski definition) is 5. The van der Waals surface area contributed by atoms with Gasteiger partial charge in [0.25, 0.3) is 0 Å². The van der Waals surface area contributed by atoms with Gasteiger partial charge in [-0.3, -0.25) is 14.5 Å². The van der Waals surface area contributed by atoms with Crippen molar-refractivity contribution in [3.8, 4) is 6.07 Å². The molecule has 2 rings (SSSR count). The summed E-state index contributed by atoms with van der Waals surface area (Å²) in [5.41, 5.74) is 0.786. The number of piperidine rings is 1. The predicted molar refractivity (Wildman–Crippen MR) is 113 cm³/mol. The van der Waals surface area contributed by atoms with Crippen LogP contribution in [0.1, 0.15) is 33.6 Å². The zero-order valence-electron chi connectivity index (χ0n) is 16.9. The average Bonchev–Trinajstić information content (AvgIpc) is 2.67. The fourth-order valence-electron chi connectivity index (χ4n) is 3.10. The molecule has 1 aromatic carbocycles. The lowest BCUT2D eigenvalue weighted by Gasteiger charge is -2.31. The number of nitrogens with one attached hydrogen (secondary N) is 2. The van der Waals surface area contributed by atoms with E-state index >= 15 is 0 Å². The first-order chi connectivity index (χ1) is 13.4. The molecule has 1 aliphatic rings. The van der Waals surface area contributed by atoms with E-state index in [0.717, 1.165) is 36.5 Å². The molecule has 2 N–H and O–H groups in total. The lowest BCUT2D eigenvalue weighted by molar-refractivity contribution is -0.127. The number of likely N-dealkylation sites (tertiary alicyclic amines) is 1. The number of nitriles is 1. The van der Waals surface area contributed by atoms with E-state index in [1.807, 2.05) is 45.0 Å². The molecule has 0 spiro atoms. The minimum Gasteiger partial charge on any atom is -0.354 e. The largest absolute Gasteiger partial charge is 0.354 e. The van der Waals surface area contributed by atoms with Gasteiger partial charge in [0.15, 0.2) is 0 Å². The number of rotatable bonds is 8. The molecule has 1 unspecified atom stereocenters. The third-order valence-corrected chi connectivity index (χ3v) is 5.96. The van der Waals surface area contributed by atoms with Crippen LogP contribution < -0.4 is 10.6 Å². The van der Waals surface area contributed by atoms with Crippen LogP contribution >= 0.6 is 11.8 Å². The summed E-state index contributed by atoms with van der Waals surface area (Å²) in [6, 6.07) is 10.1. The minimum absolute atomic E-state index is 0.0389. The number of para-hydroxylation sites is 1. The predicted octanol–water partition coefficient (Wildman–Crippen LogP) is 3.11. The highest BCUT2D eigenvalue weighted by Crippen LogP contribution is 2.28. The summed E-state index contributed by atoms with van der Waals surface area (Å²) in [4.78, 5) is 27.7. The van der Waals surface area contributed by atoms with Crippen LogP contribution in [0, 0.1) is 23.2 Å². The average molecular weight is 403 g/mol. The summed E-state index contributed by atoms with van der Waals surface area (Å²) < 4.78 is 0. The van der Waals surface area contributed by atoms with E-state index in [1.165, 1.54) is 0 Å². The van der Waals surface area contributed by atoms with Crippen molar-refractivity contribution < 1.29 is 9.59 Å². The van der Waals surface area contributed by atoms with Gasteiger partial charge in [-0.15, -0.1) is 11.8 Å². The molecular weight excluding hydrogens is 372 g/mol. The van der Waals surface area contributed by atoms with Gasteiger partial charge in [-0.1, -0.05) is 12.1 Å². The quantitative estimate of drug-likeness (QED) is 0.653.